The molecule has 24 heavy (non-hydrogen) atoms. The minimum Gasteiger partial charge on any atom is -0.496 e. The van der Waals surface area contributed by atoms with Crippen molar-refractivity contribution in [3.05, 3.63) is 52.4 Å². The summed E-state index contributed by atoms with van der Waals surface area (Å²) >= 11 is 0. The molecule has 7 heteroatoms. The summed E-state index contributed by atoms with van der Waals surface area (Å²) in [7, 11) is 4.66. The first-order chi connectivity index (χ1) is 11.5. The number of hydrogen-bond donors (Lipinski definition) is 2. The second-order valence-electron chi connectivity index (χ2n) is 5.21. The number of nitrogens with one attached hydrogen (secondary N) is 2. The van der Waals surface area contributed by atoms with Gasteiger partial charge >= 0.3 is 5.69 Å². The second-order valence-corrected chi connectivity index (χ2v) is 5.21. The van der Waals surface area contributed by atoms with E-state index in [1.807, 2.05) is 0 Å². The first-order valence-corrected chi connectivity index (χ1v) is 7.26. The number of aromatic amines is 1. The SMILES string of the molecule is COc1cccc(OC)c1C(=O)Nc1ccc2c(c1)[nH]c(=O)n2C. The molecule has 2 aromatic carbocycles. The number of carbonyl (C=O) groups is 1. The number of carbonyl (C=O) groups excluding carboxylic acids is 1. The molecule has 7 nitrogen and oxygen atoms in total. The van der Waals surface area contributed by atoms with Crippen molar-refractivity contribution in [2.45, 2.75) is 0 Å². The van der Waals surface area contributed by atoms with Gasteiger partial charge in [0, 0.05) is 12.7 Å². The number of H-pyrrole nitrogens is 1. The molecule has 0 radical (unpaired) electrons. The van der Waals surface area contributed by atoms with Crippen molar-refractivity contribution in [3.63, 3.8) is 0 Å². The van der Waals surface area contributed by atoms with Crippen molar-refractivity contribution >= 4 is 22.6 Å². The topological polar surface area (TPSA) is 85.3 Å². The van der Waals surface area contributed by atoms with Crippen LogP contribution in [0.4, 0.5) is 5.69 Å². The molecule has 0 saturated carbocycles. The highest BCUT2D eigenvalue weighted by Crippen LogP contribution is 2.29. The van der Waals surface area contributed by atoms with Gasteiger partial charge < -0.3 is 19.8 Å². The van der Waals surface area contributed by atoms with Crippen LogP contribution in [0.15, 0.2) is 41.2 Å². The Bertz CT molecular complexity index is 949. The highest BCUT2D eigenvalue weighted by molar-refractivity contribution is 6.08. The maximum absolute atomic E-state index is 12.6. The Morgan fingerprint density at radius 3 is 2.42 bits per heavy atom. The molecule has 0 unspecified atom stereocenters. The first-order valence-electron chi connectivity index (χ1n) is 7.26. The zero-order valence-electron chi connectivity index (χ0n) is 13.5. The number of ether oxygens (including phenoxy) is 2. The first kappa shape index (κ1) is 15.7. The number of aryl methyl sites for hydroxylation is 1. The Labute approximate surface area is 137 Å². The Morgan fingerprint density at radius 2 is 1.79 bits per heavy atom. The average Bonchev–Trinajstić information content (AvgIpc) is 2.87. The molecule has 2 N–H and O–H groups in total. The lowest BCUT2D eigenvalue weighted by Crippen LogP contribution is -2.14. The molecule has 0 saturated heterocycles. The fourth-order valence-corrected chi connectivity index (χ4v) is 2.58. The lowest BCUT2D eigenvalue weighted by atomic mass is 10.1. The van der Waals surface area contributed by atoms with E-state index in [0.29, 0.717) is 28.3 Å². The summed E-state index contributed by atoms with van der Waals surface area (Å²) < 4.78 is 12.0. The zero-order valence-corrected chi connectivity index (χ0v) is 13.5. The highest BCUT2D eigenvalue weighted by Gasteiger charge is 2.18. The highest BCUT2D eigenvalue weighted by atomic mass is 16.5. The van der Waals surface area contributed by atoms with Gasteiger partial charge in [0.25, 0.3) is 5.91 Å². The molecule has 124 valence electrons. The van der Waals surface area contributed by atoms with E-state index in [1.165, 1.54) is 18.8 Å². The maximum atomic E-state index is 12.6. The smallest absolute Gasteiger partial charge is 0.326 e. The number of imidazole rings is 1. The van der Waals surface area contributed by atoms with Crippen LogP contribution in [-0.4, -0.2) is 29.7 Å². The van der Waals surface area contributed by atoms with Gasteiger partial charge in [0.05, 0.1) is 25.3 Å². The number of benzene rings is 2. The van der Waals surface area contributed by atoms with Crippen LogP contribution >= 0.6 is 0 Å². The van der Waals surface area contributed by atoms with Gasteiger partial charge in [-0.05, 0) is 30.3 Å². The number of aromatic nitrogens is 2. The molecule has 0 atom stereocenters. The van der Waals surface area contributed by atoms with E-state index in [0.717, 1.165) is 5.52 Å². The number of amides is 1. The normalized spacial score (nSPS) is 10.6. The number of nitrogens with zero attached hydrogens (tertiary/aromatic N) is 1. The molecule has 3 rings (SSSR count). The molecule has 0 fully saturated rings. The van der Waals surface area contributed by atoms with E-state index in [2.05, 4.69) is 10.3 Å². The Kier molecular flexibility index (Phi) is 3.99. The molecular formula is C17H17N3O4. The van der Waals surface area contributed by atoms with E-state index in [-0.39, 0.29) is 11.6 Å². The van der Waals surface area contributed by atoms with Crippen molar-refractivity contribution in [2.24, 2.45) is 7.05 Å². The summed E-state index contributed by atoms with van der Waals surface area (Å²) in [6.07, 6.45) is 0. The molecule has 0 aliphatic heterocycles. The minimum absolute atomic E-state index is 0.208. The quantitative estimate of drug-likeness (QED) is 0.769. The van der Waals surface area contributed by atoms with E-state index < -0.39 is 0 Å². The lowest BCUT2D eigenvalue weighted by molar-refractivity contribution is 0.102. The van der Waals surface area contributed by atoms with Crippen LogP contribution in [0.2, 0.25) is 0 Å². The van der Waals surface area contributed by atoms with E-state index in [4.69, 9.17) is 9.47 Å². The van der Waals surface area contributed by atoms with E-state index >= 15 is 0 Å². The van der Waals surface area contributed by atoms with Gasteiger partial charge in [-0.15, -0.1) is 0 Å². The largest absolute Gasteiger partial charge is 0.496 e. The van der Waals surface area contributed by atoms with Gasteiger partial charge in [0.1, 0.15) is 17.1 Å². The number of hydrogen-bond acceptors (Lipinski definition) is 4. The third kappa shape index (κ3) is 2.60. The molecule has 0 aliphatic carbocycles. The Morgan fingerprint density at radius 1 is 1.12 bits per heavy atom. The summed E-state index contributed by atoms with van der Waals surface area (Å²) in [5, 5.41) is 2.80. The molecular weight excluding hydrogens is 310 g/mol. The molecule has 0 bridgehead atoms. The standard InChI is InChI=1S/C17H17N3O4/c1-20-12-8-7-10(9-11(12)19-17(20)22)18-16(21)15-13(23-2)5-4-6-14(15)24-3/h4-9H,1-3H3,(H,18,21)(H,19,22). The summed E-state index contributed by atoms with van der Waals surface area (Å²) in [5.41, 5.74) is 2.06. The third-order valence-electron chi connectivity index (χ3n) is 3.82. The molecule has 1 aromatic heterocycles. The number of methoxy groups -OCH3 is 2. The van der Waals surface area contributed by atoms with Gasteiger partial charge in [-0.2, -0.15) is 0 Å². The van der Waals surface area contributed by atoms with E-state index in [9.17, 15) is 9.59 Å². The minimum atomic E-state index is -0.359. The molecule has 0 aliphatic rings. The van der Waals surface area contributed by atoms with Crippen molar-refractivity contribution in [1.29, 1.82) is 0 Å². The van der Waals surface area contributed by atoms with Crippen LogP contribution in [-0.2, 0) is 7.05 Å². The summed E-state index contributed by atoms with van der Waals surface area (Å²) in [6.45, 7) is 0. The van der Waals surface area contributed by atoms with Crippen LogP contribution < -0.4 is 20.5 Å². The molecule has 1 amide bonds. The van der Waals surface area contributed by atoms with Gasteiger partial charge in [0.2, 0.25) is 0 Å². The van der Waals surface area contributed by atoms with Crippen LogP contribution in [0.1, 0.15) is 10.4 Å². The van der Waals surface area contributed by atoms with Crippen molar-refractivity contribution in [2.75, 3.05) is 19.5 Å². The van der Waals surface area contributed by atoms with Crippen molar-refractivity contribution in [1.82, 2.24) is 9.55 Å². The van der Waals surface area contributed by atoms with Crippen LogP contribution in [0.25, 0.3) is 11.0 Å². The lowest BCUT2D eigenvalue weighted by Gasteiger charge is -2.13. The predicted octanol–water partition coefficient (Wildman–Crippen LogP) is 2.14. The molecule has 0 spiro atoms. The van der Waals surface area contributed by atoms with Gasteiger partial charge in [-0.3, -0.25) is 9.36 Å². The van der Waals surface area contributed by atoms with E-state index in [1.54, 1.807) is 43.4 Å². The number of fused-ring (bicyclic) bond motifs is 1. The fourth-order valence-electron chi connectivity index (χ4n) is 2.58. The predicted molar refractivity (Wildman–Crippen MR) is 91.0 cm³/mol. The van der Waals surface area contributed by atoms with Crippen LogP contribution in [0.5, 0.6) is 11.5 Å². The Hall–Kier alpha value is -3.22. The van der Waals surface area contributed by atoms with Gasteiger partial charge in [-0.1, -0.05) is 6.07 Å². The second kappa shape index (κ2) is 6.11. The summed E-state index contributed by atoms with van der Waals surface area (Å²) in [4.78, 5) is 27.0. The average molecular weight is 327 g/mol. The fraction of sp³-hybridized carbons (Fsp3) is 0.176. The maximum Gasteiger partial charge on any atom is 0.326 e. The zero-order chi connectivity index (χ0) is 17.3. The number of anilines is 1. The van der Waals surface area contributed by atoms with Gasteiger partial charge in [0.15, 0.2) is 0 Å². The van der Waals surface area contributed by atoms with Crippen LogP contribution in [0, 0.1) is 0 Å². The molecule has 3 aromatic rings. The van der Waals surface area contributed by atoms with Crippen molar-refractivity contribution in [3.8, 4) is 11.5 Å². The number of rotatable bonds is 4. The van der Waals surface area contributed by atoms with Crippen molar-refractivity contribution < 1.29 is 14.3 Å². The molecule has 1 heterocycles. The third-order valence-corrected chi connectivity index (χ3v) is 3.82. The van der Waals surface area contributed by atoms with Crippen LogP contribution in [0.3, 0.4) is 0 Å². The Balaban J connectivity index is 1.97. The summed E-state index contributed by atoms with van der Waals surface area (Å²) in [6, 6.07) is 10.3. The van der Waals surface area contributed by atoms with Gasteiger partial charge in [-0.25, -0.2) is 4.79 Å². The monoisotopic (exact) mass is 327 g/mol. The summed E-state index contributed by atoms with van der Waals surface area (Å²) in [5.74, 6) is 0.476.